The number of nitrogens with two attached hydrogens (primary N) is 1. The first-order chi connectivity index (χ1) is 12.2. The van der Waals surface area contributed by atoms with Crippen LogP contribution in [0.4, 0.5) is 5.69 Å². The zero-order valence-electron chi connectivity index (χ0n) is 12.8. The van der Waals surface area contributed by atoms with Crippen molar-refractivity contribution in [3.05, 3.63) is 55.3 Å². The van der Waals surface area contributed by atoms with Crippen LogP contribution in [-0.4, -0.2) is 24.5 Å². The van der Waals surface area contributed by atoms with Crippen molar-refractivity contribution in [1.82, 2.24) is 4.98 Å². The molecule has 0 spiro atoms. The number of para-hydroxylation sites is 1. The molecule has 2 aromatic carbocycles. The third kappa shape index (κ3) is 3.44. The van der Waals surface area contributed by atoms with Gasteiger partial charge < -0.3 is 15.0 Å². The van der Waals surface area contributed by atoms with Gasteiger partial charge in [-0.15, -0.1) is 0 Å². The Labute approximate surface area is 176 Å². The number of nitrogens with zero attached hydrogens (tertiary/aromatic N) is 1. The van der Waals surface area contributed by atoms with E-state index in [1.54, 1.807) is 40.8 Å². The SMILES string of the molecule is Nc1c(I)cc(C(=O)OS(=O)(=O)c2cccc3cccnc23)c(O)c1I. The number of hydrogen-bond acceptors (Lipinski definition) is 7. The number of hydrogen-bond donors (Lipinski definition) is 2. The Balaban J connectivity index is 2.04. The number of aromatic nitrogens is 1. The van der Waals surface area contributed by atoms with Gasteiger partial charge in [-0.3, -0.25) is 4.98 Å². The molecule has 3 aromatic rings. The number of carbonyl (C=O) groups excluding carboxylic acids is 1. The van der Waals surface area contributed by atoms with Crippen LogP contribution in [0.2, 0.25) is 0 Å². The van der Waals surface area contributed by atoms with E-state index < -0.39 is 21.8 Å². The molecule has 1 aromatic heterocycles. The van der Waals surface area contributed by atoms with Gasteiger partial charge in [0, 0.05) is 15.2 Å². The largest absolute Gasteiger partial charge is 0.506 e. The van der Waals surface area contributed by atoms with Crippen molar-refractivity contribution in [2.45, 2.75) is 4.90 Å². The summed E-state index contributed by atoms with van der Waals surface area (Å²) in [5.74, 6) is -1.63. The molecule has 0 amide bonds. The maximum absolute atomic E-state index is 12.6. The summed E-state index contributed by atoms with van der Waals surface area (Å²) in [6, 6.07) is 9.15. The van der Waals surface area contributed by atoms with Gasteiger partial charge in [-0.1, -0.05) is 18.2 Å². The van der Waals surface area contributed by atoms with E-state index in [-0.39, 0.29) is 19.5 Å². The molecule has 0 radical (unpaired) electrons. The van der Waals surface area contributed by atoms with E-state index in [9.17, 15) is 18.3 Å². The lowest BCUT2D eigenvalue weighted by molar-refractivity contribution is 0.0743. The molecule has 10 heteroatoms. The van der Waals surface area contributed by atoms with Gasteiger partial charge >= 0.3 is 16.1 Å². The van der Waals surface area contributed by atoms with Gasteiger partial charge in [0.2, 0.25) is 0 Å². The number of benzene rings is 2. The Kier molecular flexibility index (Phi) is 5.25. The van der Waals surface area contributed by atoms with E-state index in [1.165, 1.54) is 24.4 Å². The van der Waals surface area contributed by atoms with Crippen LogP contribution in [-0.2, 0) is 14.3 Å². The Morgan fingerprint density at radius 3 is 2.62 bits per heavy atom. The van der Waals surface area contributed by atoms with E-state index in [4.69, 9.17) is 9.92 Å². The highest BCUT2D eigenvalue weighted by molar-refractivity contribution is 14.1. The number of carbonyl (C=O) groups is 1. The fourth-order valence-corrected chi connectivity index (χ4v) is 4.96. The Hall–Kier alpha value is -1.67. The second-order valence-corrected chi connectivity index (χ2v) is 8.89. The Morgan fingerprint density at radius 2 is 1.88 bits per heavy atom. The van der Waals surface area contributed by atoms with E-state index in [2.05, 4.69) is 4.98 Å². The third-order valence-corrected chi connectivity index (χ3v) is 6.72. The molecule has 0 fully saturated rings. The maximum Gasteiger partial charge on any atom is 0.357 e. The summed E-state index contributed by atoms with van der Waals surface area (Å²) in [5.41, 5.74) is 5.97. The average Bonchev–Trinajstić information content (AvgIpc) is 2.62. The molecule has 0 bridgehead atoms. The fraction of sp³-hybridized carbons (Fsp3) is 0. The molecule has 0 atom stereocenters. The van der Waals surface area contributed by atoms with Crippen LogP contribution < -0.4 is 5.73 Å². The molecule has 0 unspecified atom stereocenters. The standard InChI is InChI=1S/C16H10I2N2O5S/c17-10-7-9(15(21)12(18)13(10)19)16(22)25-26(23,24)11-5-1-3-8-4-2-6-20-14(8)11/h1-7,21H,19H2. The molecule has 0 aliphatic rings. The van der Waals surface area contributed by atoms with Crippen LogP contribution in [0.15, 0.2) is 47.5 Å². The number of pyridine rings is 1. The van der Waals surface area contributed by atoms with Gasteiger partial charge in [0.05, 0.1) is 14.8 Å². The molecule has 7 nitrogen and oxygen atoms in total. The summed E-state index contributed by atoms with van der Waals surface area (Å²) in [6.07, 6.45) is 1.44. The third-order valence-electron chi connectivity index (χ3n) is 3.50. The molecule has 3 N–H and O–H groups in total. The summed E-state index contributed by atoms with van der Waals surface area (Å²) >= 11 is 3.64. The topological polar surface area (TPSA) is 120 Å². The number of rotatable bonds is 3. The summed E-state index contributed by atoms with van der Waals surface area (Å²) < 4.78 is 30.6. The van der Waals surface area contributed by atoms with Crippen LogP contribution in [0, 0.1) is 7.14 Å². The molecule has 0 aliphatic carbocycles. The molecular weight excluding hydrogens is 586 g/mol. The van der Waals surface area contributed by atoms with E-state index in [1.807, 2.05) is 22.6 Å². The van der Waals surface area contributed by atoms with Crippen molar-refractivity contribution >= 4 is 77.9 Å². The van der Waals surface area contributed by atoms with Crippen molar-refractivity contribution in [3.8, 4) is 5.75 Å². The molecule has 1 heterocycles. The van der Waals surface area contributed by atoms with E-state index in [0.717, 1.165) is 0 Å². The van der Waals surface area contributed by atoms with Crippen molar-refractivity contribution in [1.29, 1.82) is 0 Å². The van der Waals surface area contributed by atoms with Crippen molar-refractivity contribution < 1.29 is 22.5 Å². The summed E-state index contributed by atoms with van der Waals surface area (Å²) in [5, 5.41) is 10.7. The first-order valence-corrected chi connectivity index (χ1v) is 10.6. The highest BCUT2D eigenvalue weighted by atomic mass is 127. The van der Waals surface area contributed by atoms with Crippen LogP contribution in [0.3, 0.4) is 0 Å². The second kappa shape index (κ2) is 7.15. The van der Waals surface area contributed by atoms with Gasteiger partial charge in [0.25, 0.3) is 0 Å². The lowest BCUT2D eigenvalue weighted by atomic mass is 10.2. The zero-order chi connectivity index (χ0) is 19.1. The van der Waals surface area contributed by atoms with Crippen LogP contribution >= 0.6 is 45.2 Å². The molecule has 3 rings (SSSR count). The first-order valence-electron chi connectivity index (χ1n) is 7.01. The minimum absolute atomic E-state index is 0.188. The monoisotopic (exact) mass is 596 g/mol. The zero-order valence-corrected chi connectivity index (χ0v) is 17.9. The van der Waals surface area contributed by atoms with Gasteiger partial charge in [-0.25, -0.2) is 4.79 Å². The highest BCUT2D eigenvalue weighted by Gasteiger charge is 2.27. The van der Waals surface area contributed by atoms with Gasteiger partial charge in [-0.2, -0.15) is 8.42 Å². The molecule has 0 saturated heterocycles. The predicted octanol–water partition coefficient (Wildman–Crippen LogP) is 3.28. The smallest absolute Gasteiger partial charge is 0.357 e. The van der Waals surface area contributed by atoms with Crippen molar-refractivity contribution in [2.24, 2.45) is 0 Å². The number of fused-ring (bicyclic) bond motifs is 1. The average molecular weight is 596 g/mol. The predicted molar refractivity (Wildman–Crippen MR) is 112 cm³/mol. The maximum atomic E-state index is 12.6. The molecule has 26 heavy (non-hydrogen) atoms. The lowest BCUT2D eigenvalue weighted by Crippen LogP contribution is -2.15. The van der Waals surface area contributed by atoms with Gasteiger partial charge in [-0.05, 0) is 63.4 Å². The van der Waals surface area contributed by atoms with E-state index in [0.29, 0.717) is 14.6 Å². The van der Waals surface area contributed by atoms with Crippen LogP contribution in [0.25, 0.3) is 10.9 Å². The molecule has 0 saturated carbocycles. The van der Waals surface area contributed by atoms with Crippen molar-refractivity contribution in [3.63, 3.8) is 0 Å². The Bertz CT molecular complexity index is 1140. The normalized spacial score (nSPS) is 11.5. The quantitative estimate of drug-likeness (QED) is 0.271. The number of halogens is 2. The minimum atomic E-state index is -4.45. The molecular formula is C16H10I2N2O5S. The number of anilines is 1. The number of phenols is 1. The summed E-state index contributed by atoms with van der Waals surface area (Å²) in [6.45, 7) is 0. The Morgan fingerprint density at radius 1 is 1.19 bits per heavy atom. The molecule has 0 aliphatic heterocycles. The number of nitrogen functional groups attached to an aromatic ring is 1. The fourth-order valence-electron chi connectivity index (χ4n) is 2.25. The second-order valence-electron chi connectivity index (χ2n) is 5.14. The number of aromatic hydroxyl groups is 1. The van der Waals surface area contributed by atoms with E-state index >= 15 is 0 Å². The summed E-state index contributed by atoms with van der Waals surface area (Å²) in [4.78, 5) is 16.2. The highest BCUT2D eigenvalue weighted by Crippen LogP contribution is 2.34. The number of phenolic OH excluding ortho intramolecular Hbond substituents is 1. The lowest BCUT2D eigenvalue weighted by Gasteiger charge is -2.11. The first kappa shape index (κ1) is 19.1. The minimum Gasteiger partial charge on any atom is -0.506 e. The van der Waals surface area contributed by atoms with Crippen molar-refractivity contribution in [2.75, 3.05) is 5.73 Å². The van der Waals surface area contributed by atoms with Gasteiger partial charge in [0.15, 0.2) is 0 Å². The summed E-state index contributed by atoms with van der Waals surface area (Å²) in [7, 11) is -4.45. The molecule has 134 valence electrons. The van der Waals surface area contributed by atoms with Crippen LogP contribution in [0.5, 0.6) is 5.75 Å². The van der Waals surface area contributed by atoms with Crippen LogP contribution in [0.1, 0.15) is 10.4 Å². The van der Waals surface area contributed by atoms with Gasteiger partial charge in [0.1, 0.15) is 16.2 Å².